The van der Waals surface area contributed by atoms with Gasteiger partial charge in [0.15, 0.2) is 0 Å². The van der Waals surface area contributed by atoms with Crippen molar-refractivity contribution < 1.29 is 0 Å². The largest absolute Gasteiger partial charge is 0 e. The van der Waals surface area contributed by atoms with Gasteiger partial charge in [-0.05, 0) is 0 Å². The van der Waals surface area contributed by atoms with Crippen LogP contribution >= 0.6 is 0 Å². The summed E-state index contributed by atoms with van der Waals surface area (Å²) in [6.07, 6.45) is 0. The van der Waals surface area contributed by atoms with Gasteiger partial charge in [-0.1, -0.05) is 0 Å². The Morgan fingerprint density at radius 1 is 0.429 bits per heavy atom. The zero-order valence-corrected chi connectivity index (χ0v) is 19.6. The monoisotopic (exact) mass is 835 g/mol. The third kappa shape index (κ3) is 34.7. The maximum Gasteiger partial charge on any atom is 0 e. The number of hydrogen-bond acceptors (Lipinski definition) is 0. The Hall–Kier alpha value is 5.34. The van der Waals surface area contributed by atoms with Crippen molar-refractivity contribution in [3.05, 3.63) is 0 Å². The first kappa shape index (κ1) is 55.7. The van der Waals surface area contributed by atoms with Crippen LogP contribution < -0.4 is 0 Å². The molecule has 0 atom stereocenters. The first-order valence-corrected chi connectivity index (χ1v) is 0. The van der Waals surface area contributed by atoms with Crippen LogP contribution in [0.2, 0.25) is 0 Å². The fourth-order valence-electron chi connectivity index (χ4n) is 0. The smallest absolute Gasteiger partial charge is 0 e. The summed E-state index contributed by atoms with van der Waals surface area (Å²) in [6, 6.07) is 0. The first-order valence-electron chi connectivity index (χ1n) is 0. The van der Waals surface area contributed by atoms with Crippen LogP contribution in [0.5, 0.6) is 0 Å². The van der Waals surface area contributed by atoms with Crippen molar-refractivity contribution in [2.45, 2.75) is 0 Å². The molecule has 38 valence electrons. The van der Waals surface area contributed by atoms with Crippen molar-refractivity contribution in [2.75, 3.05) is 0 Å². The molecule has 7 heavy (non-hydrogen) atoms. The average Bonchev–Trinajstić information content (AvgIpc) is 0. The van der Waals surface area contributed by atoms with E-state index in [0.29, 0.717) is 0 Å². The Morgan fingerprint density at radius 3 is 0.429 bits per heavy atom. The van der Waals surface area contributed by atoms with Crippen molar-refractivity contribution in [3.63, 3.8) is 0 Å². The Balaban J connectivity index is 0. The maximum absolute atomic E-state index is 0. The van der Waals surface area contributed by atoms with E-state index in [0.717, 1.165) is 0 Å². The van der Waals surface area contributed by atoms with E-state index in [-0.39, 0.29) is 161 Å². The molecule has 0 N–H and O–H groups in total. The fraction of sp³-hybridized carbons (Fsp3) is 0. The summed E-state index contributed by atoms with van der Waals surface area (Å²) >= 11 is 0. The zero-order valence-electron chi connectivity index (χ0n) is 3.03. The first-order chi connectivity index (χ1) is 0. The average molecular weight is 827 g/mol. The van der Waals surface area contributed by atoms with Crippen LogP contribution in [0.4, 0.5) is 0 Å². The molecule has 0 rings (SSSR count). The standard InChI is InChI=1S/Ge.2Sb.4Te. The van der Waals surface area contributed by atoms with E-state index < -0.39 is 0 Å². The van der Waals surface area contributed by atoms with Gasteiger partial charge in [0, 0.05) is 161 Å². The molecule has 0 nitrogen and oxygen atoms in total. The van der Waals surface area contributed by atoms with Gasteiger partial charge in [-0.25, -0.2) is 0 Å². The number of rotatable bonds is 0. The summed E-state index contributed by atoms with van der Waals surface area (Å²) in [4.78, 5) is 0. The summed E-state index contributed by atoms with van der Waals surface area (Å²) in [5.74, 6) is 0. The Labute approximate surface area is 157 Å². The van der Waals surface area contributed by atoms with Gasteiger partial charge < -0.3 is 0 Å². The molecule has 7 heteroatoms. The summed E-state index contributed by atoms with van der Waals surface area (Å²) < 4.78 is 0. The van der Waals surface area contributed by atoms with Gasteiger partial charge in [0.1, 0.15) is 0 Å². The molecule has 0 spiro atoms. The quantitative estimate of drug-likeness (QED) is 0.235. The molecule has 0 saturated carbocycles. The van der Waals surface area contributed by atoms with Gasteiger partial charge in [0.25, 0.3) is 0 Å². The minimum Gasteiger partial charge on any atom is 0 e. The van der Waals surface area contributed by atoms with E-state index in [1.165, 1.54) is 0 Å². The van der Waals surface area contributed by atoms with Crippen LogP contribution in [0.3, 0.4) is 0 Å². The van der Waals surface area contributed by atoms with E-state index in [4.69, 9.17) is 0 Å². The van der Waals surface area contributed by atoms with E-state index in [9.17, 15) is 0 Å². The van der Waals surface area contributed by atoms with Gasteiger partial charge >= 0.3 is 0 Å². The van der Waals surface area contributed by atoms with Crippen LogP contribution in [0, 0.1) is 0 Å². The van der Waals surface area contributed by atoms with E-state index >= 15 is 0 Å². The molecule has 0 unspecified atom stereocenters. The molecule has 0 heterocycles. The zero-order chi connectivity index (χ0) is 0. The van der Waals surface area contributed by atoms with Crippen LogP contribution in [-0.4, -0.2) is 161 Å². The van der Waals surface area contributed by atoms with Crippen molar-refractivity contribution in [3.8, 4) is 0 Å². The molecule has 0 aliphatic carbocycles. The molecule has 0 bridgehead atoms. The van der Waals surface area contributed by atoms with Crippen LogP contribution in [0.15, 0.2) is 0 Å². The summed E-state index contributed by atoms with van der Waals surface area (Å²) in [7, 11) is 0. The second kappa shape index (κ2) is 42.5. The van der Waals surface area contributed by atoms with E-state index in [1.54, 1.807) is 0 Å². The second-order valence-electron chi connectivity index (χ2n) is 0. The van der Waals surface area contributed by atoms with Crippen molar-refractivity contribution >= 4 is 161 Å². The van der Waals surface area contributed by atoms with Gasteiger partial charge in [0.05, 0.1) is 0 Å². The summed E-state index contributed by atoms with van der Waals surface area (Å²) in [6.45, 7) is 0. The molecular formula is GeSb2Te4. The molecule has 0 aromatic carbocycles. The molecule has 0 amide bonds. The molecule has 0 aromatic rings. The Bertz CT molecular complexity index is 9.65. The molecule has 0 saturated heterocycles. The minimum atomic E-state index is 0. The van der Waals surface area contributed by atoms with Crippen LogP contribution in [0.25, 0.3) is 0 Å². The predicted molar refractivity (Wildman–Crippen MR) is 40.3 cm³/mol. The Kier molecular flexibility index (Phi) is 338. The van der Waals surface area contributed by atoms with Crippen molar-refractivity contribution in [1.29, 1.82) is 0 Å². The molecule has 0 fully saturated rings. The number of hydrogen-bond donors (Lipinski definition) is 0. The minimum absolute atomic E-state index is 0. The maximum atomic E-state index is 0. The topological polar surface area (TPSA) is 0 Å². The van der Waals surface area contributed by atoms with Gasteiger partial charge in [0.2, 0.25) is 0 Å². The third-order valence-corrected chi connectivity index (χ3v) is 0. The normalized spacial score (nSPS) is 0. The summed E-state index contributed by atoms with van der Waals surface area (Å²) in [5.41, 5.74) is 0. The molecule has 18 radical (unpaired) electrons. The summed E-state index contributed by atoms with van der Waals surface area (Å²) in [5, 5.41) is 0. The molecular weight excluding hydrogens is 827 g/mol. The van der Waals surface area contributed by atoms with E-state index in [2.05, 4.69) is 0 Å². The SMILES string of the molecule is [Ge].[Sb].[Sb].[Te].[Te].[Te].[Te]. The third-order valence-electron chi connectivity index (χ3n) is 0. The van der Waals surface area contributed by atoms with Gasteiger partial charge in [-0.2, -0.15) is 0 Å². The second-order valence-corrected chi connectivity index (χ2v) is 0. The van der Waals surface area contributed by atoms with Crippen LogP contribution in [-0.2, 0) is 0 Å². The van der Waals surface area contributed by atoms with Gasteiger partial charge in [-0.15, -0.1) is 0 Å². The Morgan fingerprint density at radius 2 is 0.429 bits per heavy atom. The van der Waals surface area contributed by atoms with Crippen molar-refractivity contribution in [2.24, 2.45) is 0 Å². The van der Waals surface area contributed by atoms with Crippen molar-refractivity contribution in [1.82, 2.24) is 0 Å². The van der Waals surface area contributed by atoms with E-state index in [1.807, 2.05) is 0 Å². The van der Waals surface area contributed by atoms with Gasteiger partial charge in [-0.3, -0.25) is 0 Å². The predicted octanol–water partition coefficient (Wildman–Crippen LogP) is -2.67. The molecule has 0 aliphatic heterocycles. The van der Waals surface area contributed by atoms with Crippen LogP contribution in [0.1, 0.15) is 0 Å². The molecule has 0 aromatic heterocycles. The molecule has 0 aliphatic rings. The fourth-order valence-corrected chi connectivity index (χ4v) is 0.